The van der Waals surface area contributed by atoms with Gasteiger partial charge in [-0.25, -0.2) is 4.79 Å². The summed E-state index contributed by atoms with van der Waals surface area (Å²) in [6.07, 6.45) is 5.89. The smallest absolute Gasteiger partial charge is 0.348 e. The Bertz CT molecular complexity index is 1180. The highest BCUT2D eigenvalue weighted by Gasteiger charge is 2.27. The number of rotatable bonds is 2. The SMILES string of the molecule is O=c1oc2ccc(Br)cc2c2c(C3CCCCC3)oc(-c3ccccc3)c12. The minimum absolute atomic E-state index is 0.329. The van der Waals surface area contributed by atoms with Gasteiger partial charge in [0.15, 0.2) is 0 Å². The Morgan fingerprint density at radius 2 is 1.67 bits per heavy atom. The van der Waals surface area contributed by atoms with Gasteiger partial charge in [-0.05, 0) is 31.0 Å². The molecule has 0 bridgehead atoms. The molecular formula is C23H19BrO3. The van der Waals surface area contributed by atoms with E-state index in [2.05, 4.69) is 15.9 Å². The first kappa shape index (κ1) is 16.8. The predicted molar refractivity (Wildman–Crippen MR) is 111 cm³/mol. The van der Waals surface area contributed by atoms with Gasteiger partial charge in [0.1, 0.15) is 22.5 Å². The molecule has 1 fully saturated rings. The molecule has 3 nitrogen and oxygen atoms in total. The number of fused-ring (bicyclic) bond motifs is 3. The number of benzene rings is 2. The normalized spacial score (nSPS) is 15.6. The monoisotopic (exact) mass is 422 g/mol. The number of furan rings is 1. The van der Waals surface area contributed by atoms with E-state index >= 15 is 0 Å². The van der Waals surface area contributed by atoms with Crippen LogP contribution in [0.15, 0.2) is 66.6 Å². The third kappa shape index (κ3) is 2.83. The summed E-state index contributed by atoms with van der Waals surface area (Å²) in [5, 5.41) is 2.42. The third-order valence-electron chi connectivity index (χ3n) is 5.57. The van der Waals surface area contributed by atoms with Crippen LogP contribution in [0.1, 0.15) is 43.8 Å². The highest BCUT2D eigenvalue weighted by molar-refractivity contribution is 9.10. The van der Waals surface area contributed by atoms with Crippen molar-refractivity contribution in [1.82, 2.24) is 0 Å². The van der Waals surface area contributed by atoms with Gasteiger partial charge in [0.25, 0.3) is 0 Å². The minimum Gasteiger partial charge on any atom is -0.459 e. The molecule has 2 aromatic heterocycles. The summed E-state index contributed by atoms with van der Waals surface area (Å²) in [5.41, 5.74) is 1.18. The number of hydrogen-bond acceptors (Lipinski definition) is 3. The van der Waals surface area contributed by atoms with E-state index in [1.165, 1.54) is 19.3 Å². The van der Waals surface area contributed by atoms with Gasteiger partial charge in [-0.15, -0.1) is 0 Å². The van der Waals surface area contributed by atoms with Gasteiger partial charge in [0, 0.05) is 26.7 Å². The number of halogens is 1. The van der Waals surface area contributed by atoms with Crippen molar-refractivity contribution in [2.75, 3.05) is 0 Å². The Morgan fingerprint density at radius 1 is 0.889 bits per heavy atom. The highest BCUT2D eigenvalue weighted by Crippen LogP contribution is 2.43. The van der Waals surface area contributed by atoms with Crippen LogP contribution in [0.2, 0.25) is 0 Å². The van der Waals surface area contributed by atoms with Gasteiger partial charge in [-0.3, -0.25) is 0 Å². The van der Waals surface area contributed by atoms with E-state index < -0.39 is 0 Å². The Kier molecular flexibility index (Phi) is 4.16. The maximum Gasteiger partial charge on any atom is 0.348 e. The lowest BCUT2D eigenvalue weighted by atomic mass is 9.86. The van der Waals surface area contributed by atoms with Crippen molar-refractivity contribution in [3.05, 3.63) is 69.2 Å². The maximum absolute atomic E-state index is 12.9. The van der Waals surface area contributed by atoms with Crippen molar-refractivity contribution in [3.8, 4) is 11.3 Å². The molecule has 5 rings (SSSR count). The van der Waals surface area contributed by atoms with Crippen molar-refractivity contribution in [2.24, 2.45) is 0 Å². The van der Waals surface area contributed by atoms with Crippen LogP contribution in [-0.2, 0) is 0 Å². The lowest BCUT2D eigenvalue weighted by Crippen LogP contribution is -2.05. The van der Waals surface area contributed by atoms with Gasteiger partial charge in [-0.2, -0.15) is 0 Å². The summed E-state index contributed by atoms with van der Waals surface area (Å²) in [7, 11) is 0. The van der Waals surface area contributed by atoms with Crippen LogP contribution in [0.4, 0.5) is 0 Å². The van der Waals surface area contributed by atoms with Gasteiger partial charge < -0.3 is 8.83 Å². The lowest BCUT2D eigenvalue weighted by molar-refractivity contribution is 0.382. The summed E-state index contributed by atoms with van der Waals surface area (Å²) in [6.45, 7) is 0. The van der Waals surface area contributed by atoms with E-state index in [1.807, 2.05) is 48.5 Å². The molecule has 0 radical (unpaired) electrons. The molecule has 27 heavy (non-hydrogen) atoms. The molecule has 0 atom stereocenters. The molecule has 0 aliphatic heterocycles. The number of hydrogen-bond donors (Lipinski definition) is 0. The maximum atomic E-state index is 12.9. The van der Waals surface area contributed by atoms with Crippen LogP contribution in [-0.4, -0.2) is 0 Å². The molecule has 2 aromatic carbocycles. The summed E-state index contributed by atoms with van der Waals surface area (Å²) < 4.78 is 13.1. The Balaban J connectivity index is 1.90. The molecule has 0 saturated heterocycles. The highest BCUT2D eigenvalue weighted by atomic mass is 79.9. The lowest BCUT2D eigenvalue weighted by Gasteiger charge is -2.20. The molecule has 1 aliphatic carbocycles. The minimum atomic E-state index is -0.329. The summed E-state index contributed by atoms with van der Waals surface area (Å²) in [6, 6.07) is 15.6. The fourth-order valence-electron chi connectivity index (χ4n) is 4.29. The molecule has 4 heteroatoms. The Hall–Kier alpha value is -2.33. The first-order valence-corrected chi connectivity index (χ1v) is 10.3. The van der Waals surface area contributed by atoms with Crippen molar-refractivity contribution < 1.29 is 8.83 Å². The second-order valence-electron chi connectivity index (χ2n) is 7.28. The van der Waals surface area contributed by atoms with E-state index in [1.54, 1.807) is 0 Å². The first-order valence-electron chi connectivity index (χ1n) is 9.46. The third-order valence-corrected chi connectivity index (χ3v) is 6.06. The molecule has 4 aromatic rings. The topological polar surface area (TPSA) is 43.4 Å². The zero-order valence-electron chi connectivity index (χ0n) is 14.8. The fourth-order valence-corrected chi connectivity index (χ4v) is 4.65. The van der Waals surface area contributed by atoms with Crippen LogP contribution in [0.25, 0.3) is 33.1 Å². The van der Waals surface area contributed by atoms with Crippen molar-refractivity contribution in [1.29, 1.82) is 0 Å². The van der Waals surface area contributed by atoms with Crippen LogP contribution in [0.5, 0.6) is 0 Å². The van der Waals surface area contributed by atoms with E-state index in [9.17, 15) is 4.79 Å². The molecule has 0 spiro atoms. The molecule has 0 unspecified atom stereocenters. The van der Waals surface area contributed by atoms with Crippen LogP contribution < -0.4 is 5.63 Å². The van der Waals surface area contributed by atoms with Gasteiger partial charge in [0.2, 0.25) is 0 Å². The second-order valence-corrected chi connectivity index (χ2v) is 8.19. The van der Waals surface area contributed by atoms with Crippen LogP contribution in [0, 0.1) is 0 Å². The average molecular weight is 423 g/mol. The van der Waals surface area contributed by atoms with Crippen LogP contribution in [0.3, 0.4) is 0 Å². The second kappa shape index (κ2) is 6.68. The van der Waals surface area contributed by atoms with E-state index in [0.717, 1.165) is 39.4 Å². The quantitative estimate of drug-likeness (QED) is 0.326. The van der Waals surface area contributed by atoms with Crippen molar-refractivity contribution in [2.45, 2.75) is 38.0 Å². The standard InChI is InChI=1S/C23H19BrO3/c24-16-11-12-18-17(13-16)19-20(23(25)26-18)22(15-9-5-2-6-10-15)27-21(19)14-7-3-1-4-8-14/h2,5-6,9-14H,1,3-4,7-8H2. The summed E-state index contributed by atoms with van der Waals surface area (Å²) in [5.74, 6) is 1.92. The molecule has 0 N–H and O–H groups in total. The Labute approximate surface area is 165 Å². The van der Waals surface area contributed by atoms with E-state index in [4.69, 9.17) is 8.83 Å². The zero-order valence-corrected chi connectivity index (χ0v) is 16.4. The first-order chi connectivity index (χ1) is 13.2. The van der Waals surface area contributed by atoms with Crippen LogP contribution >= 0.6 is 15.9 Å². The van der Waals surface area contributed by atoms with E-state index in [0.29, 0.717) is 22.6 Å². The average Bonchev–Trinajstić information content (AvgIpc) is 3.12. The molecule has 136 valence electrons. The molecule has 1 aliphatic rings. The van der Waals surface area contributed by atoms with Gasteiger partial charge in [0.05, 0.1) is 0 Å². The molecular weight excluding hydrogens is 404 g/mol. The van der Waals surface area contributed by atoms with Gasteiger partial charge in [-0.1, -0.05) is 65.5 Å². The van der Waals surface area contributed by atoms with E-state index in [-0.39, 0.29) is 5.63 Å². The molecule has 1 saturated carbocycles. The summed E-state index contributed by atoms with van der Waals surface area (Å²) >= 11 is 3.56. The molecule has 0 amide bonds. The van der Waals surface area contributed by atoms with Gasteiger partial charge >= 0.3 is 5.63 Å². The summed E-state index contributed by atoms with van der Waals surface area (Å²) in [4.78, 5) is 12.9. The predicted octanol–water partition coefficient (Wildman–Crippen LogP) is 7.02. The fraction of sp³-hybridized carbons (Fsp3) is 0.261. The largest absolute Gasteiger partial charge is 0.459 e. The van der Waals surface area contributed by atoms with Crippen molar-refractivity contribution >= 4 is 37.7 Å². The van der Waals surface area contributed by atoms with Crippen molar-refractivity contribution in [3.63, 3.8) is 0 Å². The zero-order chi connectivity index (χ0) is 18.4. The molecule has 2 heterocycles. The Morgan fingerprint density at radius 3 is 2.44 bits per heavy atom.